The number of anilines is 1. The third kappa shape index (κ3) is 3.75. The van der Waals surface area contributed by atoms with Crippen LogP contribution in [0.4, 0.5) is 10.2 Å². The van der Waals surface area contributed by atoms with Gasteiger partial charge in [-0.05, 0) is 31.0 Å². The van der Waals surface area contributed by atoms with Crippen molar-refractivity contribution < 1.29 is 4.39 Å². The van der Waals surface area contributed by atoms with E-state index >= 15 is 0 Å². The first-order valence-corrected chi connectivity index (χ1v) is 5.91. The number of hydrogen-bond donors (Lipinski definition) is 1. The lowest BCUT2D eigenvalue weighted by atomic mass is 10.1. The van der Waals surface area contributed by atoms with Crippen molar-refractivity contribution in [2.45, 2.75) is 13.3 Å². The summed E-state index contributed by atoms with van der Waals surface area (Å²) in [5.74, 6) is 0.926. The van der Waals surface area contributed by atoms with Gasteiger partial charge in [0.05, 0.1) is 0 Å². The predicted octanol–water partition coefficient (Wildman–Crippen LogP) is 2.45. The van der Waals surface area contributed by atoms with Crippen molar-refractivity contribution in [3.63, 3.8) is 0 Å². The molecule has 1 aromatic heterocycles. The highest BCUT2D eigenvalue weighted by Gasteiger charge is 2.01. The SMILES string of the molecule is Cc1nc(C#N)cc(NCCc2cccc(F)c2)n1. The molecule has 0 unspecified atom stereocenters. The van der Waals surface area contributed by atoms with E-state index in [1.54, 1.807) is 19.1 Å². The molecule has 0 aliphatic heterocycles. The summed E-state index contributed by atoms with van der Waals surface area (Å²) in [7, 11) is 0. The molecule has 0 amide bonds. The molecule has 96 valence electrons. The molecule has 0 aliphatic rings. The summed E-state index contributed by atoms with van der Waals surface area (Å²) in [6.45, 7) is 2.35. The maximum Gasteiger partial charge on any atom is 0.146 e. The highest BCUT2D eigenvalue weighted by molar-refractivity contribution is 5.40. The molecule has 2 aromatic rings. The topological polar surface area (TPSA) is 61.6 Å². The van der Waals surface area contributed by atoms with E-state index in [1.165, 1.54) is 12.1 Å². The van der Waals surface area contributed by atoms with Gasteiger partial charge in [-0.1, -0.05) is 12.1 Å². The highest BCUT2D eigenvalue weighted by atomic mass is 19.1. The minimum absolute atomic E-state index is 0.234. The third-order valence-corrected chi connectivity index (χ3v) is 2.56. The Kier molecular flexibility index (Phi) is 4.04. The fraction of sp³-hybridized carbons (Fsp3) is 0.214. The molecule has 5 heteroatoms. The Morgan fingerprint density at radius 3 is 2.89 bits per heavy atom. The van der Waals surface area contributed by atoms with Gasteiger partial charge < -0.3 is 5.32 Å². The smallest absolute Gasteiger partial charge is 0.146 e. The first kappa shape index (κ1) is 13.0. The van der Waals surface area contributed by atoms with Crippen LogP contribution in [0.5, 0.6) is 0 Å². The summed E-state index contributed by atoms with van der Waals surface area (Å²) in [6, 6.07) is 10.1. The first-order chi connectivity index (χ1) is 9.17. The van der Waals surface area contributed by atoms with Gasteiger partial charge in [0, 0.05) is 12.6 Å². The molecule has 0 aliphatic carbocycles. The number of aromatic nitrogens is 2. The van der Waals surface area contributed by atoms with Gasteiger partial charge in [-0.3, -0.25) is 0 Å². The average molecular weight is 256 g/mol. The molecule has 19 heavy (non-hydrogen) atoms. The molecular formula is C14H13FN4. The lowest BCUT2D eigenvalue weighted by Crippen LogP contribution is -2.08. The zero-order valence-electron chi connectivity index (χ0n) is 10.5. The van der Waals surface area contributed by atoms with Crippen molar-refractivity contribution in [3.8, 4) is 6.07 Å². The van der Waals surface area contributed by atoms with E-state index in [0.717, 1.165) is 5.56 Å². The van der Waals surface area contributed by atoms with Crippen molar-refractivity contribution in [1.29, 1.82) is 5.26 Å². The fourth-order valence-corrected chi connectivity index (χ4v) is 1.74. The summed E-state index contributed by atoms with van der Waals surface area (Å²) < 4.78 is 13.0. The second-order valence-corrected chi connectivity index (χ2v) is 4.10. The van der Waals surface area contributed by atoms with E-state index in [-0.39, 0.29) is 5.82 Å². The van der Waals surface area contributed by atoms with E-state index in [1.807, 2.05) is 12.1 Å². The summed E-state index contributed by atoms with van der Waals surface area (Å²) in [6.07, 6.45) is 0.683. The zero-order valence-corrected chi connectivity index (χ0v) is 10.5. The van der Waals surface area contributed by atoms with Gasteiger partial charge in [-0.2, -0.15) is 5.26 Å². The summed E-state index contributed by atoms with van der Waals surface area (Å²) in [5.41, 5.74) is 1.25. The Hall–Kier alpha value is -2.48. The van der Waals surface area contributed by atoms with Gasteiger partial charge in [0.2, 0.25) is 0 Å². The van der Waals surface area contributed by atoms with Gasteiger partial charge in [0.15, 0.2) is 0 Å². The number of hydrogen-bond acceptors (Lipinski definition) is 4. The lowest BCUT2D eigenvalue weighted by Gasteiger charge is -2.06. The number of halogens is 1. The second-order valence-electron chi connectivity index (χ2n) is 4.10. The van der Waals surface area contributed by atoms with Crippen molar-refractivity contribution >= 4 is 5.82 Å². The van der Waals surface area contributed by atoms with Crippen molar-refractivity contribution in [1.82, 2.24) is 9.97 Å². The molecule has 0 atom stereocenters. The first-order valence-electron chi connectivity index (χ1n) is 5.91. The van der Waals surface area contributed by atoms with Crippen LogP contribution in [-0.4, -0.2) is 16.5 Å². The second kappa shape index (κ2) is 5.91. The van der Waals surface area contributed by atoms with Crippen molar-refractivity contribution in [3.05, 3.63) is 53.2 Å². The van der Waals surface area contributed by atoms with Crippen molar-refractivity contribution in [2.24, 2.45) is 0 Å². The number of nitriles is 1. The van der Waals surface area contributed by atoms with Crippen molar-refractivity contribution in [2.75, 3.05) is 11.9 Å². The van der Waals surface area contributed by atoms with Gasteiger partial charge in [-0.25, -0.2) is 14.4 Å². The minimum Gasteiger partial charge on any atom is -0.370 e. The maximum absolute atomic E-state index is 13.0. The molecule has 4 nitrogen and oxygen atoms in total. The van der Waals surface area contributed by atoms with E-state index in [2.05, 4.69) is 15.3 Å². The molecule has 0 radical (unpaired) electrons. The van der Waals surface area contributed by atoms with E-state index in [0.29, 0.717) is 30.3 Å². The molecule has 1 N–H and O–H groups in total. The summed E-state index contributed by atoms with van der Waals surface area (Å²) in [4.78, 5) is 8.15. The molecule has 0 spiro atoms. The van der Waals surface area contributed by atoms with E-state index < -0.39 is 0 Å². The molecule has 2 rings (SSSR count). The van der Waals surface area contributed by atoms with Gasteiger partial charge in [-0.15, -0.1) is 0 Å². The monoisotopic (exact) mass is 256 g/mol. The Labute approximate surface area is 110 Å². The van der Waals surface area contributed by atoms with Crippen LogP contribution in [0.15, 0.2) is 30.3 Å². The van der Waals surface area contributed by atoms with Crippen LogP contribution in [0.2, 0.25) is 0 Å². The maximum atomic E-state index is 13.0. The Morgan fingerprint density at radius 2 is 2.16 bits per heavy atom. The fourth-order valence-electron chi connectivity index (χ4n) is 1.74. The molecule has 0 saturated carbocycles. The predicted molar refractivity (Wildman–Crippen MR) is 70.1 cm³/mol. The Bertz CT molecular complexity index is 619. The van der Waals surface area contributed by atoms with Crippen LogP contribution >= 0.6 is 0 Å². The Balaban J connectivity index is 1.96. The number of rotatable bonds is 4. The molecule has 1 heterocycles. The largest absolute Gasteiger partial charge is 0.370 e. The number of benzene rings is 1. The van der Waals surface area contributed by atoms with Gasteiger partial charge in [0.1, 0.15) is 29.2 Å². The van der Waals surface area contributed by atoms with Crippen LogP contribution in [0.1, 0.15) is 17.1 Å². The summed E-state index contributed by atoms with van der Waals surface area (Å²) in [5, 5.41) is 11.9. The van der Waals surface area contributed by atoms with Crippen LogP contribution in [0, 0.1) is 24.1 Å². The van der Waals surface area contributed by atoms with Crippen LogP contribution in [0.25, 0.3) is 0 Å². The van der Waals surface area contributed by atoms with E-state index in [9.17, 15) is 4.39 Å². The van der Waals surface area contributed by atoms with Crippen LogP contribution in [0.3, 0.4) is 0 Å². The number of nitrogens with one attached hydrogen (secondary N) is 1. The van der Waals surface area contributed by atoms with E-state index in [4.69, 9.17) is 5.26 Å². The minimum atomic E-state index is -0.234. The quantitative estimate of drug-likeness (QED) is 0.912. The average Bonchev–Trinajstić information content (AvgIpc) is 2.38. The van der Waals surface area contributed by atoms with Crippen LogP contribution in [-0.2, 0) is 6.42 Å². The zero-order chi connectivity index (χ0) is 13.7. The lowest BCUT2D eigenvalue weighted by molar-refractivity contribution is 0.625. The summed E-state index contributed by atoms with van der Waals surface area (Å²) >= 11 is 0. The Morgan fingerprint density at radius 1 is 1.32 bits per heavy atom. The molecule has 0 bridgehead atoms. The molecular weight excluding hydrogens is 243 g/mol. The number of nitrogens with zero attached hydrogens (tertiary/aromatic N) is 3. The third-order valence-electron chi connectivity index (χ3n) is 2.56. The van der Waals surface area contributed by atoms with Gasteiger partial charge >= 0.3 is 0 Å². The van der Waals surface area contributed by atoms with Crippen LogP contribution < -0.4 is 5.32 Å². The standard InChI is InChI=1S/C14H13FN4/c1-10-18-13(9-16)8-14(19-10)17-6-5-11-3-2-4-12(15)7-11/h2-4,7-8H,5-6H2,1H3,(H,17,18,19). The molecule has 0 saturated heterocycles. The molecule has 0 fully saturated rings. The molecule has 1 aromatic carbocycles. The normalized spacial score (nSPS) is 9.95. The number of aryl methyl sites for hydroxylation is 1. The van der Waals surface area contributed by atoms with Gasteiger partial charge in [0.25, 0.3) is 0 Å². The highest BCUT2D eigenvalue weighted by Crippen LogP contribution is 2.07.